The van der Waals surface area contributed by atoms with Crippen molar-refractivity contribution < 1.29 is 9.53 Å². The van der Waals surface area contributed by atoms with Crippen LogP contribution in [0.5, 0.6) is 5.75 Å². The van der Waals surface area contributed by atoms with E-state index < -0.39 is 0 Å². The fraction of sp³-hybridized carbons (Fsp3) is 0.0385. The molecule has 0 fully saturated rings. The third-order valence-corrected chi connectivity index (χ3v) is 5.72. The van der Waals surface area contributed by atoms with Crippen molar-refractivity contribution in [1.29, 1.82) is 0 Å². The first kappa shape index (κ1) is 23.2. The van der Waals surface area contributed by atoms with Gasteiger partial charge in [0.25, 0.3) is 5.91 Å². The summed E-state index contributed by atoms with van der Waals surface area (Å²) in [7, 11) is 0. The SMILES string of the molecule is C=CCOc1ccc(/C=N\NC(=O)c2ccc(-c3csc(Nc4ccccc4)n3)cc2)cc1Cl. The number of aromatic nitrogens is 1. The maximum atomic E-state index is 12.4. The largest absolute Gasteiger partial charge is 0.488 e. The lowest BCUT2D eigenvalue weighted by molar-refractivity contribution is 0.0955. The summed E-state index contributed by atoms with van der Waals surface area (Å²) in [5.74, 6) is 0.246. The van der Waals surface area contributed by atoms with E-state index in [1.54, 1.807) is 36.4 Å². The minimum absolute atomic E-state index is 0.315. The number of anilines is 2. The number of carbonyl (C=O) groups excluding carboxylic acids is 1. The average Bonchev–Trinajstić information content (AvgIpc) is 3.32. The van der Waals surface area contributed by atoms with Gasteiger partial charge in [-0.15, -0.1) is 11.3 Å². The molecule has 1 heterocycles. The predicted molar refractivity (Wildman–Crippen MR) is 139 cm³/mol. The molecule has 0 atom stereocenters. The van der Waals surface area contributed by atoms with Crippen LogP contribution in [-0.4, -0.2) is 23.7 Å². The Morgan fingerprint density at radius 1 is 1.12 bits per heavy atom. The van der Waals surface area contributed by atoms with Gasteiger partial charge in [-0.3, -0.25) is 4.79 Å². The van der Waals surface area contributed by atoms with Gasteiger partial charge < -0.3 is 10.1 Å². The Morgan fingerprint density at radius 3 is 2.65 bits per heavy atom. The van der Waals surface area contributed by atoms with Crippen molar-refractivity contribution in [1.82, 2.24) is 10.4 Å². The molecule has 4 rings (SSSR count). The zero-order valence-corrected chi connectivity index (χ0v) is 19.6. The summed E-state index contributed by atoms with van der Waals surface area (Å²) in [5.41, 5.74) is 6.49. The smallest absolute Gasteiger partial charge is 0.271 e. The van der Waals surface area contributed by atoms with Crippen molar-refractivity contribution in [2.75, 3.05) is 11.9 Å². The van der Waals surface area contributed by atoms with E-state index in [9.17, 15) is 4.79 Å². The molecule has 0 saturated carbocycles. The van der Waals surface area contributed by atoms with Gasteiger partial charge in [0.15, 0.2) is 5.13 Å². The van der Waals surface area contributed by atoms with E-state index in [-0.39, 0.29) is 5.91 Å². The van der Waals surface area contributed by atoms with Crippen molar-refractivity contribution in [3.05, 3.63) is 107 Å². The highest BCUT2D eigenvalue weighted by Crippen LogP contribution is 2.27. The zero-order valence-electron chi connectivity index (χ0n) is 18.1. The topological polar surface area (TPSA) is 75.6 Å². The van der Waals surface area contributed by atoms with Crippen LogP contribution in [-0.2, 0) is 0 Å². The van der Waals surface area contributed by atoms with Crippen LogP contribution >= 0.6 is 22.9 Å². The minimum Gasteiger partial charge on any atom is -0.488 e. The van der Waals surface area contributed by atoms with Crippen LogP contribution in [0.4, 0.5) is 10.8 Å². The third kappa shape index (κ3) is 6.10. The first-order chi connectivity index (χ1) is 16.6. The van der Waals surface area contributed by atoms with E-state index in [4.69, 9.17) is 16.3 Å². The molecule has 0 aliphatic carbocycles. The average molecular weight is 489 g/mol. The Labute approximate surface area is 206 Å². The van der Waals surface area contributed by atoms with Gasteiger partial charge in [-0.25, -0.2) is 10.4 Å². The Kier molecular flexibility index (Phi) is 7.70. The maximum Gasteiger partial charge on any atom is 0.271 e. The Bertz CT molecular complexity index is 1300. The van der Waals surface area contributed by atoms with Crippen molar-refractivity contribution in [3.63, 3.8) is 0 Å². The van der Waals surface area contributed by atoms with Gasteiger partial charge in [-0.1, -0.05) is 54.6 Å². The van der Waals surface area contributed by atoms with Crippen LogP contribution in [0.1, 0.15) is 15.9 Å². The molecule has 0 radical (unpaired) electrons. The zero-order chi connectivity index (χ0) is 23.8. The summed E-state index contributed by atoms with van der Waals surface area (Å²) in [6.45, 7) is 3.98. The summed E-state index contributed by atoms with van der Waals surface area (Å²) >= 11 is 7.72. The predicted octanol–water partition coefficient (Wildman–Crippen LogP) is 6.54. The van der Waals surface area contributed by atoms with E-state index in [0.717, 1.165) is 27.6 Å². The van der Waals surface area contributed by atoms with Gasteiger partial charge >= 0.3 is 0 Å². The molecule has 0 spiro atoms. The Morgan fingerprint density at radius 2 is 1.91 bits per heavy atom. The number of halogens is 1. The van der Waals surface area contributed by atoms with Crippen LogP contribution in [0.2, 0.25) is 5.02 Å². The standard InChI is InChI=1S/C26H21ClN4O2S/c1-2-14-33-24-13-8-18(15-22(24)27)16-28-31-25(32)20-11-9-19(10-12-20)23-17-34-26(30-23)29-21-6-4-3-5-7-21/h2-13,15-17H,1,14H2,(H,29,30)(H,31,32)/b28-16-. The molecule has 6 nitrogen and oxygen atoms in total. The van der Waals surface area contributed by atoms with Gasteiger partial charge in [0.1, 0.15) is 12.4 Å². The number of hydrazone groups is 1. The molecule has 1 aromatic heterocycles. The number of amides is 1. The number of nitrogens with zero attached hydrogens (tertiary/aromatic N) is 2. The second-order valence-electron chi connectivity index (χ2n) is 7.09. The van der Waals surface area contributed by atoms with Crippen LogP contribution in [0, 0.1) is 0 Å². The molecule has 0 unspecified atom stereocenters. The molecule has 3 aromatic carbocycles. The van der Waals surface area contributed by atoms with Gasteiger partial charge in [0.2, 0.25) is 0 Å². The van der Waals surface area contributed by atoms with Crippen LogP contribution in [0.15, 0.2) is 95.9 Å². The summed E-state index contributed by atoms with van der Waals surface area (Å²) in [6, 6.07) is 22.3. The highest BCUT2D eigenvalue weighted by atomic mass is 35.5. The summed E-state index contributed by atoms with van der Waals surface area (Å²) in [6.07, 6.45) is 3.16. The first-order valence-corrected chi connectivity index (χ1v) is 11.6. The molecular formula is C26H21ClN4O2S. The highest BCUT2D eigenvalue weighted by molar-refractivity contribution is 7.14. The van der Waals surface area contributed by atoms with Gasteiger partial charge in [-0.2, -0.15) is 5.10 Å². The number of thiazole rings is 1. The Hall–Kier alpha value is -3.94. The lowest BCUT2D eigenvalue weighted by Gasteiger charge is -2.06. The monoisotopic (exact) mass is 488 g/mol. The molecule has 0 aliphatic heterocycles. The molecule has 1 amide bonds. The second-order valence-corrected chi connectivity index (χ2v) is 8.36. The van der Waals surface area contributed by atoms with E-state index in [2.05, 4.69) is 27.4 Å². The van der Waals surface area contributed by atoms with Crippen LogP contribution in [0.25, 0.3) is 11.3 Å². The fourth-order valence-electron chi connectivity index (χ4n) is 2.99. The molecule has 34 heavy (non-hydrogen) atoms. The maximum absolute atomic E-state index is 12.4. The number of hydrogen-bond donors (Lipinski definition) is 2. The van der Waals surface area contributed by atoms with E-state index in [1.807, 2.05) is 47.8 Å². The van der Waals surface area contributed by atoms with E-state index in [0.29, 0.717) is 22.9 Å². The Balaban J connectivity index is 1.34. The second kappa shape index (κ2) is 11.3. The van der Waals surface area contributed by atoms with E-state index in [1.165, 1.54) is 17.6 Å². The fourth-order valence-corrected chi connectivity index (χ4v) is 3.98. The van der Waals surface area contributed by atoms with Crippen LogP contribution < -0.4 is 15.5 Å². The first-order valence-electron chi connectivity index (χ1n) is 10.4. The molecular weight excluding hydrogens is 468 g/mol. The van der Waals surface area contributed by atoms with Gasteiger partial charge in [0, 0.05) is 22.2 Å². The van der Waals surface area contributed by atoms with Crippen molar-refractivity contribution >= 4 is 45.9 Å². The minimum atomic E-state index is -0.315. The lowest BCUT2D eigenvalue weighted by Crippen LogP contribution is -2.17. The number of benzene rings is 3. The molecule has 2 N–H and O–H groups in total. The summed E-state index contributed by atoms with van der Waals surface area (Å²) in [4.78, 5) is 17.0. The lowest BCUT2D eigenvalue weighted by atomic mass is 10.1. The van der Waals surface area contributed by atoms with Gasteiger partial charge in [0.05, 0.1) is 16.9 Å². The van der Waals surface area contributed by atoms with Gasteiger partial charge in [-0.05, 0) is 48.0 Å². The molecule has 4 aromatic rings. The molecule has 8 heteroatoms. The summed E-state index contributed by atoms with van der Waals surface area (Å²) < 4.78 is 5.44. The summed E-state index contributed by atoms with van der Waals surface area (Å²) in [5, 5.41) is 10.5. The quantitative estimate of drug-likeness (QED) is 0.159. The normalized spacial score (nSPS) is 10.7. The van der Waals surface area contributed by atoms with E-state index >= 15 is 0 Å². The number of para-hydroxylation sites is 1. The third-order valence-electron chi connectivity index (χ3n) is 4.66. The highest BCUT2D eigenvalue weighted by Gasteiger charge is 2.08. The van der Waals surface area contributed by atoms with Crippen molar-refractivity contribution in [3.8, 4) is 17.0 Å². The number of ether oxygens (including phenoxy) is 1. The van der Waals surface area contributed by atoms with Crippen molar-refractivity contribution in [2.45, 2.75) is 0 Å². The molecule has 0 bridgehead atoms. The number of hydrogen-bond acceptors (Lipinski definition) is 6. The molecule has 0 aliphatic rings. The molecule has 0 saturated heterocycles. The molecule has 170 valence electrons. The number of rotatable bonds is 9. The van der Waals surface area contributed by atoms with Crippen LogP contribution in [0.3, 0.4) is 0 Å². The number of nitrogens with one attached hydrogen (secondary N) is 2. The van der Waals surface area contributed by atoms with Crippen molar-refractivity contribution in [2.24, 2.45) is 5.10 Å². The number of carbonyl (C=O) groups is 1.